The number of rotatable bonds is 5. The summed E-state index contributed by atoms with van der Waals surface area (Å²) in [5, 5.41) is 2.44. The minimum Gasteiger partial charge on any atom is -0.366 e. The van der Waals surface area contributed by atoms with E-state index in [4.69, 9.17) is 5.73 Å². The van der Waals surface area contributed by atoms with Crippen LogP contribution in [0.4, 0.5) is 19.1 Å². The minimum atomic E-state index is -4.70. The van der Waals surface area contributed by atoms with Crippen molar-refractivity contribution in [3.05, 3.63) is 47.3 Å². The van der Waals surface area contributed by atoms with Gasteiger partial charge >= 0.3 is 6.18 Å². The van der Waals surface area contributed by atoms with E-state index in [0.29, 0.717) is 0 Å². The Morgan fingerprint density at radius 3 is 2.61 bits per heavy atom. The fourth-order valence-electron chi connectivity index (χ4n) is 2.11. The van der Waals surface area contributed by atoms with Crippen LogP contribution >= 0.6 is 0 Å². The number of nitrogens with one attached hydrogen (secondary N) is 2. The van der Waals surface area contributed by atoms with Crippen LogP contribution in [0.15, 0.2) is 30.6 Å². The highest BCUT2D eigenvalue weighted by atomic mass is 19.4. The minimum absolute atomic E-state index is 0.0608. The summed E-state index contributed by atoms with van der Waals surface area (Å²) in [6.07, 6.45) is -1.94. The number of nitrogens with zero attached hydrogens (tertiary/aromatic N) is 1. The number of carbonyl (C=O) groups excluding carboxylic acids is 2. The van der Waals surface area contributed by atoms with Crippen molar-refractivity contribution in [3.8, 4) is 0 Å². The summed E-state index contributed by atoms with van der Waals surface area (Å²) in [6.45, 7) is 0. The smallest absolute Gasteiger partial charge is 0.366 e. The third-order valence-corrected chi connectivity index (χ3v) is 3.08. The fourth-order valence-corrected chi connectivity index (χ4v) is 2.11. The molecule has 0 atom stereocenters. The first-order valence-corrected chi connectivity index (χ1v) is 6.57. The van der Waals surface area contributed by atoms with Crippen LogP contribution in [0.5, 0.6) is 0 Å². The van der Waals surface area contributed by atoms with Crippen LogP contribution in [0, 0.1) is 0 Å². The van der Waals surface area contributed by atoms with E-state index in [-0.39, 0.29) is 24.4 Å². The Kier molecular flexibility index (Phi) is 4.68. The standard InChI is InChI=1S/C14H13F3N4O2/c15-14(16,17)9-3-1-2-8(11(9)12(18)23)4-5-10(22)21-13-19-6-7-20-13/h1-3,6-7H,4-5H2,(H2,18,23)(H2,19,20,21,22). The highest BCUT2D eigenvalue weighted by molar-refractivity contribution is 5.96. The third-order valence-electron chi connectivity index (χ3n) is 3.08. The van der Waals surface area contributed by atoms with E-state index >= 15 is 0 Å². The molecule has 0 unspecified atom stereocenters. The normalized spacial score (nSPS) is 11.3. The van der Waals surface area contributed by atoms with Gasteiger partial charge in [-0.3, -0.25) is 14.9 Å². The first-order chi connectivity index (χ1) is 10.8. The molecule has 0 radical (unpaired) electrons. The molecule has 2 aromatic rings. The second-order valence-corrected chi connectivity index (χ2v) is 4.69. The van der Waals surface area contributed by atoms with E-state index in [1.165, 1.54) is 24.5 Å². The molecule has 6 nitrogen and oxygen atoms in total. The number of nitrogens with two attached hydrogens (primary N) is 1. The number of primary amides is 1. The number of amides is 2. The van der Waals surface area contributed by atoms with Crippen LogP contribution in [-0.2, 0) is 17.4 Å². The zero-order valence-electron chi connectivity index (χ0n) is 11.8. The summed E-state index contributed by atoms with van der Waals surface area (Å²) >= 11 is 0. The molecule has 2 amide bonds. The quantitative estimate of drug-likeness (QED) is 0.784. The topological polar surface area (TPSA) is 101 Å². The molecule has 4 N–H and O–H groups in total. The average Bonchev–Trinajstić information content (AvgIpc) is 2.96. The van der Waals surface area contributed by atoms with Gasteiger partial charge in [-0.05, 0) is 18.1 Å². The molecule has 0 spiro atoms. The summed E-state index contributed by atoms with van der Waals surface area (Å²) in [6, 6.07) is 3.30. The Morgan fingerprint density at radius 2 is 2.04 bits per heavy atom. The Bertz CT molecular complexity index is 711. The maximum absolute atomic E-state index is 12.9. The summed E-state index contributed by atoms with van der Waals surface area (Å²) in [5.74, 6) is -1.40. The number of aromatic amines is 1. The number of aromatic nitrogens is 2. The highest BCUT2D eigenvalue weighted by Crippen LogP contribution is 2.33. The number of carbonyl (C=O) groups is 2. The molecule has 1 heterocycles. The van der Waals surface area contributed by atoms with Crippen LogP contribution in [-0.4, -0.2) is 21.8 Å². The van der Waals surface area contributed by atoms with Crippen molar-refractivity contribution in [2.75, 3.05) is 5.32 Å². The molecule has 0 fully saturated rings. The predicted molar refractivity (Wildman–Crippen MR) is 75.5 cm³/mol. The Morgan fingerprint density at radius 1 is 1.30 bits per heavy atom. The molecule has 0 saturated carbocycles. The van der Waals surface area contributed by atoms with Crippen LogP contribution in [0.3, 0.4) is 0 Å². The van der Waals surface area contributed by atoms with Crippen molar-refractivity contribution in [2.24, 2.45) is 5.73 Å². The first kappa shape index (κ1) is 16.5. The van der Waals surface area contributed by atoms with Crippen molar-refractivity contribution in [1.29, 1.82) is 0 Å². The van der Waals surface area contributed by atoms with Crippen LogP contribution in [0.2, 0.25) is 0 Å². The lowest BCUT2D eigenvalue weighted by Crippen LogP contribution is -2.22. The predicted octanol–water partition coefficient (Wildman–Crippen LogP) is 2.10. The van der Waals surface area contributed by atoms with Crippen LogP contribution < -0.4 is 11.1 Å². The molecule has 0 aliphatic rings. The van der Waals surface area contributed by atoms with E-state index in [9.17, 15) is 22.8 Å². The molecule has 0 aliphatic carbocycles. The van der Waals surface area contributed by atoms with E-state index in [2.05, 4.69) is 15.3 Å². The number of halogens is 3. The molecular formula is C14H13F3N4O2. The second kappa shape index (κ2) is 6.51. The van der Waals surface area contributed by atoms with Crippen LogP contribution in [0.25, 0.3) is 0 Å². The summed E-state index contributed by atoms with van der Waals surface area (Å²) in [7, 11) is 0. The maximum Gasteiger partial charge on any atom is 0.417 e. The number of alkyl halides is 3. The van der Waals surface area contributed by atoms with Crippen molar-refractivity contribution < 1.29 is 22.8 Å². The largest absolute Gasteiger partial charge is 0.417 e. The zero-order chi connectivity index (χ0) is 17.0. The first-order valence-electron chi connectivity index (χ1n) is 6.57. The number of imidazole rings is 1. The fraction of sp³-hybridized carbons (Fsp3) is 0.214. The number of hydrogen-bond acceptors (Lipinski definition) is 3. The molecule has 1 aromatic heterocycles. The highest BCUT2D eigenvalue weighted by Gasteiger charge is 2.35. The van der Waals surface area contributed by atoms with Gasteiger partial charge in [0.2, 0.25) is 17.8 Å². The maximum atomic E-state index is 12.9. The molecule has 9 heteroatoms. The Hall–Kier alpha value is -2.84. The van der Waals surface area contributed by atoms with Gasteiger partial charge in [-0.2, -0.15) is 13.2 Å². The summed E-state index contributed by atoms with van der Waals surface area (Å²) in [4.78, 5) is 29.6. The SMILES string of the molecule is NC(=O)c1c(CCC(=O)Nc2ncc[nH]2)cccc1C(F)(F)F. The van der Waals surface area contributed by atoms with Gasteiger partial charge in [-0.25, -0.2) is 4.98 Å². The lowest BCUT2D eigenvalue weighted by atomic mass is 9.96. The number of hydrogen-bond donors (Lipinski definition) is 3. The van der Waals surface area contributed by atoms with E-state index in [1.807, 2.05) is 0 Å². The number of aryl methyl sites for hydroxylation is 1. The lowest BCUT2D eigenvalue weighted by molar-refractivity contribution is -0.138. The molecule has 0 bridgehead atoms. The molecule has 1 aromatic carbocycles. The van der Waals surface area contributed by atoms with Crippen LogP contribution in [0.1, 0.15) is 27.9 Å². The van der Waals surface area contributed by atoms with E-state index in [0.717, 1.165) is 6.07 Å². The van der Waals surface area contributed by atoms with Gasteiger partial charge in [0, 0.05) is 18.8 Å². The van der Waals surface area contributed by atoms with Gasteiger partial charge in [-0.15, -0.1) is 0 Å². The van der Waals surface area contributed by atoms with Crippen molar-refractivity contribution in [2.45, 2.75) is 19.0 Å². The van der Waals surface area contributed by atoms with Gasteiger partial charge in [-0.1, -0.05) is 12.1 Å². The van der Waals surface area contributed by atoms with Crippen molar-refractivity contribution >= 4 is 17.8 Å². The molecular weight excluding hydrogens is 313 g/mol. The Balaban J connectivity index is 2.16. The zero-order valence-corrected chi connectivity index (χ0v) is 11.8. The number of H-pyrrole nitrogens is 1. The number of benzene rings is 1. The monoisotopic (exact) mass is 326 g/mol. The average molecular weight is 326 g/mol. The Labute approximate surface area is 128 Å². The lowest BCUT2D eigenvalue weighted by Gasteiger charge is -2.14. The van der Waals surface area contributed by atoms with Gasteiger partial charge in [0.15, 0.2) is 0 Å². The van der Waals surface area contributed by atoms with Gasteiger partial charge in [0.1, 0.15) is 0 Å². The van der Waals surface area contributed by atoms with Crippen molar-refractivity contribution in [3.63, 3.8) is 0 Å². The van der Waals surface area contributed by atoms with Crippen molar-refractivity contribution in [1.82, 2.24) is 9.97 Å². The molecule has 122 valence electrons. The summed E-state index contributed by atoms with van der Waals surface area (Å²) in [5.41, 5.74) is 3.44. The second-order valence-electron chi connectivity index (χ2n) is 4.69. The van der Waals surface area contributed by atoms with E-state index < -0.39 is 29.1 Å². The molecule has 0 aliphatic heterocycles. The van der Waals surface area contributed by atoms with E-state index in [1.54, 1.807) is 0 Å². The van der Waals surface area contributed by atoms with Gasteiger partial charge < -0.3 is 10.7 Å². The molecule has 23 heavy (non-hydrogen) atoms. The molecule has 0 saturated heterocycles. The molecule has 2 rings (SSSR count). The third kappa shape index (κ3) is 4.09. The summed E-state index contributed by atoms with van der Waals surface area (Å²) < 4.78 is 38.8. The van der Waals surface area contributed by atoms with Gasteiger partial charge in [0.25, 0.3) is 0 Å². The number of anilines is 1. The van der Waals surface area contributed by atoms with Gasteiger partial charge in [0.05, 0.1) is 11.1 Å².